The Morgan fingerprint density at radius 1 is 1.31 bits per heavy atom. The molecule has 0 aliphatic carbocycles. The van der Waals surface area contributed by atoms with E-state index in [9.17, 15) is 8.42 Å². The van der Waals surface area contributed by atoms with E-state index in [2.05, 4.69) is 0 Å². The molecule has 1 N–H and O–H groups in total. The van der Waals surface area contributed by atoms with E-state index in [4.69, 9.17) is 5.41 Å². The molecule has 4 heteroatoms. The van der Waals surface area contributed by atoms with Crippen LogP contribution < -0.4 is 0 Å². The lowest BCUT2D eigenvalue weighted by Crippen LogP contribution is -1.95. The molecule has 0 unspecified atom stereocenters. The van der Waals surface area contributed by atoms with Crippen molar-refractivity contribution in [2.24, 2.45) is 0 Å². The zero-order valence-corrected chi connectivity index (χ0v) is 7.93. The van der Waals surface area contributed by atoms with Gasteiger partial charge in [-0.1, -0.05) is 17.7 Å². The fourth-order valence-electron chi connectivity index (χ4n) is 0.874. The highest BCUT2D eigenvalue weighted by molar-refractivity contribution is 7.94. The lowest BCUT2D eigenvalue weighted by Gasteiger charge is -1.97. The summed E-state index contributed by atoms with van der Waals surface area (Å²) in [6.07, 6.45) is 0. The highest BCUT2D eigenvalue weighted by Crippen LogP contribution is 2.11. The van der Waals surface area contributed by atoms with Crippen molar-refractivity contribution in [3.8, 4) is 0 Å². The summed E-state index contributed by atoms with van der Waals surface area (Å²) in [5.41, 5.74) is 0.998. The standard InChI is InChI=1S/C9H9NO2S/c1-8-2-4-9(5-3-8)13(11,12)7-6-10/h2-5,7,10H,1H3. The van der Waals surface area contributed by atoms with Crippen molar-refractivity contribution in [3.05, 3.63) is 35.2 Å². The molecule has 0 radical (unpaired) electrons. The lowest BCUT2D eigenvalue weighted by atomic mass is 10.2. The zero-order chi connectivity index (χ0) is 9.90. The maximum absolute atomic E-state index is 11.3. The van der Waals surface area contributed by atoms with Gasteiger partial charge in [-0.25, -0.2) is 8.42 Å². The van der Waals surface area contributed by atoms with Crippen molar-refractivity contribution in [1.29, 1.82) is 5.41 Å². The summed E-state index contributed by atoms with van der Waals surface area (Å²) in [5, 5.41) is 7.31. The molecular weight excluding hydrogens is 186 g/mol. The third-order valence-electron chi connectivity index (χ3n) is 1.56. The Hall–Kier alpha value is -1.38. The number of hydrogen-bond acceptors (Lipinski definition) is 3. The molecule has 0 fully saturated rings. The molecule has 0 saturated carbocycles. The first-order chi connectivity index (χ1) is 6.06. The lowest BCUT2D eigenvalue weighted by molar-refractivity contribution is 0.605. The number of hydrogen-bond donors (Lipinski definition) is 1. The van der Waals surface area contributed by atoms with Crippen molar-refractivity contribution in [2.75, 3.05) is 0 Å². The van der Waals surface area contributed by atoms with Gasteiger partial charge in [0.15, 0.2) is 0 Å². The van der Waals surface area contributed by atoms with Crippen LogP contribution in [0.15, 0.2) is 34.6 Å². The van der Waals surface area contributed by atoms with E-state index in [0.717, 1.165) is 11.0 Å². The van der Waals surface area contributed by atoms with Gasteiger partial charge in [-0.05, 0) is 24.9 Å². The van der Waals surface area contributed by atoms with Gasteiger partial charge in [-0.3, -0.25) is 5.41 Å². The summed E-state index contributed by atoms with van der Waals surface area (Å²) in [7, 11) is -3.45. The molecule has 0 amide bonds. The van der Waals surface area contributed by atoms with Crippen LogP contribution in [0.25, 0.3) is 0 Å². The molecule has 0 aliphatic heterocycles. The number of aryl methyl sites for hydroxylation is 1. The summed E-state index contributed by atoms with van der Waals surface area (Å²) >= 11 is 0. The molecular formula is C9H9NO2S. The first kappa shape index (κ1) is 9.71. The smallest absolute Gasteiger partial charge is 0.208 e. The zero-order valence-electron chi connectivity index (χ0n) is 7.11. The van der Waals surface area contributed by atoms with Crippen molar-refractivity contribution >= 4 is 15.7 Å². The van der Waals surface area contributed by atoms with Gasteiger partial charge in [0.05, 0.1) is 10.3 Å². The molecule has 1 rings (SSSR count). The van der Waals surface area contributed by atoms with Crippen molar-refractivity contribution in [2.45, 2.75) is 11.8 Å². The third-order valence-corrected chi connectivity index (χ3v) is 2.92. The summed E-state index contributed by atoms with van der Waals surface area (Å²) in [5.74, 6) is 1.76. The minimum absolute atomic E-state index is 0.192. The average Bonchev–Trinajstić information content (AvgIpc) is 2.05. The van der Waals surface area contributed by atoms with Crippen LogP contribution >= 0.6 is 0 Å². The van der Waals surface area contributed by atoms with Gasteiger partial charge in [0, 0.05) is 0 Å². The quantitative estimate of drug-likeness (QED) is 0.727. The molecule has 0 saturated heterocycles. The summed E-state index contributed by atoms with van der Waals surface area (Å²) in [4.78, 5) is 0.192. The minimum atomic E-state index is -3.45. The van der Waals surface area contributed by atoms with E-state index >= 15 is 0 Å². The Balaban J connectivity index is 3.24. The second kappa shape index (κ2) is 3.56. The Kier molecular flexibility index (Phi) is 2.66. The fraction of sp³-hybridized carbons (Fsp3) is 0.111. The van der Waals surface area contributed by atoms with Gasteiger partial charge in [0.2, 0.25) is 9.84 Å². The topological polar surface area (TPSA) is 58.0 Å². The summed E-state index contributed by atoms with van der Waals surface area (Å²) in [6, 6.07) is 6.45. The molecule has 0 bridgehead atoms. The van der Waals surface area contributed by atoms with Crippen molar-refractivity contribution < 1.29 is 8.42 Å². The molecule has 3 nitrogen and oxygen atoms in total. The van der Waals surface area contributed by atoms with Gasteiger partial charge in [-0.2, -0.15) is 0 Å². The van der Waals surface area contributed by atoms with Gasteiger partial charge in [-0.15, -0.1) is 0 Å². The SMILES string of the molecule is Cc1ccc(S(=O)(=O)C=C=N)cc1. The monoisotopic (exact) mass is 195 g/mol. The number of rotatable bonds is 2. The van der Waals surface area contributed by atoms with Crippen LogP contribution in [0.2, 0.25) is 0 Å². The number of nitrogens with one attached hydrogen (secondary N) is 1. The first-order valence-corrected chi connectivity index (χ1v) is 5.18. The van der Waals surface area contributed by atoms with Crippen LogP contribution in [0.5, 0.6) is 0 Å². The Labute approximate surface area is 77.1 Å². The van der Waals surface area contributed by atoms with Crippen molar-refractivity contribution in [3.63, 3.8) is 0 Å². The second-order valence-electron chi connectivity index (χ2n) is 2.62. The van der Waals surface area contributed by atoms with Crippen LogP contribution in [0.1, 0.15) is 5.56 Å². The Bertz CT molecular complexity index is 439. The van der Waals surface area contributed by atoms with E-state index < -0.39 is 9.84 Å². The predicted octanol–water partition coefficient (Wildman–Crippen LogP) is 1.53. The largest absolute Gasteiger partial charge is 0.258 e. The van der Waals surface area contributed by atoms with Crippen LogP contribution in [0, 0.1) is 12.3 Å². The highest BCUT2D eigenvalue weighted by Gasteiger charge is 2.08. The Morgan fingerprint density at radius 3 is 2.31 bits per heavy atom. The van der Waals surface area contributed by atoms with Gasteiger partial charge < -0.3 is 0 Å². The van der Waals surface area contributed by atoms with Gasteiger partial charge >= 0.3 is 0 Å². The molecule has 0 heterocycles. The molecule has 13 heavy (non-hydrogen) atoms. The molecule has 0 aliphatic rings. The Morgan fingerprint density at radius 2 is 1.85 bits per heavy atom. The summed E-state index contributed by atoms with van der Waals surface area (Å²) < 4.78 is 22.6. The fourth-order valence-corrected chi connectivity index (χ4v) is 1.68. The van der Waals surface area contributed by atoms with Gasteiger partial charge in [0.25, 0.3) is 0 Å². The summed E-state index contributed by atoms with van der Waals surface area (Å²) in [6.45, 7) is 1.88. The maximum Gasteiger partial charge on any atom is 0.208 e. The van der Waals surface area contributed by atoms with E-state index in [-0.39, 0.29) is 4.90 Å². The molecule has 68 valence electrons. The molecule has 0 spiro atoms. The van der Waals surface area contributed by atoms with Crippen molar-refractivity contribution in [1.82, 2.24) is 0 Å². The molecule has 1 aromatic rings. The molecule has 0 aromatic heterocycles. The maximum atomic E-state index is 11.3. The van der Waals surface area contributed by atoms with Crippen LogP contribution in [0.3, 0.4) is 0 Å². The normalized spacial score (nSPS) is 10.5. The van der Waals surface area contributed by atoms with E-state index in [1.165, 1.54) is 12.1 Å². The van der Waals surface area contributed by atoms with Gasteiger partial charge in [0.1, 0.15) is 0 Å². The molecule has 1 aromatic carbocycles. The average molecular weight is 195 g/mol. The third kappa shape index (κ3) is 2.28. The first-order valence-electron chi connectivity index (χ1n) is 3.63. The highest BCUT2D eigenvalue weighted by atomic mass is 32.2. The predicted molar refractivity (Wildman–Crippen MR) is 50.7 cm³/mol. The number of benzene rings is 1. The minimum Gasteiger partial charge on any atom is -0.258 e. The van der Waals surface area contributed by atoms with E-state index in [1.807, 2.05) is 6.92 Å². The van der Waals surface area contributed by atoms with Crippen LogP contribution in [-0.4, -0.2) is 14.3 Å². The van der Waals surface area contributed by atoms with E-state index in [0.29, 0.717) is 0 Å². The van der Waals surface area contributed by atoms with Crippen LogP contribution in [-0.2, 0) is 9.84 Å². The number of sulfone groups is 1. The molecule has 0 atom stereocenters. The van der Waals surface area contributed by atoms with E-state index in [1.54, 1.807) is 18.0 Å². The van der Waals surface area contributed by atoms with Crippen LogP contribution in [0.4, 0.5) is 0 Å². The second-order valence-corrected chi connectivity index (χ2v) is 4.42.